The maximum absolute atomic E-state index is 5.31. The van der Waals surface area contributed by atoms with E-state index < -0.39 is 0 Å². The van der Waals surface area contributed by atoms with Crippen LogP contribution >= 0.6 is 12.2 Å². The first kappa shape index (κ1) is 11.8. The summed E-state index contributed by atoms with van der Waals surface area (Å²) in [6.07, 6.45) is 7.25. The second-order valence-electron chi connectivity index (χ2n) is 5.72. The van der Waals surface area contributed by atoms with Crippen molar-refractivity contribution in [1.82, 2.24) is 5.43 Å². The van der Waals surface area contributed by atoms with Gasteiger partial charge < -0.3 is 5.73 Å². The van der Waals surface area contributed by atoms with Gasteiger partial charge in [0.1, 0.15) is 0 Å². The molecular formula is C12H21N3S. The molecule has 2 bridgehead atoms. The molecular weight excluding hydrogens is 218 g/mol. The van der Waals surface area contributed by atoms with Gasteiger partial charge in [-0.25, -0.2) is 0 Å². The van der Waals surface area contributed by atoms with Crippen molar-refractivity contribution in [2.24, 2.45) is 34.0 Å². The van der Waals surface area contributed by atoms with Crippen LogP contribution in [0.5, 0.6) is 0 Å². The van der Waals surface area contributed by atoms with Gasteiger partial charge in [-0.1, -0.05) is 13.8 Å². The molecule has 3 N–H and O–H groups in total. The van der Waals surface area contributed by atoms with Gasteiger partial charge in [0.25, 0.3) is 0 Å². The number of rotatable bonds is 3. The maximum Gasteiger partial charge on any atom is 0.184 e. The molecule has 0 aliphatic heterocycles. The fourth-order valence-corrected chi connectivity index (χ4v) is 3.79. The van der Waals surface area contributed by atoms with Crippen molar-refractivity contribution in [3.05, 3.63) is 0 Å². The summed E-state index contributed by atoms with van der Waals surface area (Å²) in [5.41, 5.74) is 8.41. The van der Waals surface area contributed by atoms with Crippen molar-refractivity contribution in [2.45, 2.75) is 39.5 Å². The zero-order valence-corrected chi connectivity index (χ0v) is 10.9. The lowest BCUT2D eigenvalue weighted by atomic mass is 9.68. The third-order valence-corrected chi connectivity index (χ3v) is 4.77. The van der Waals surface area contributed by atoms with Crippen LogP contribution in [0.4, 0.5) is 0 Å². The molecule has 2 rings (SSSR count). The highest BCUT2D eigenvalue weighted by molar-refractivity contribution is 7.80. The molecule has 0 spiro atoms. The molecule has 0 aromatic rings. The fraction of sp³-hybridized carbons (Fsp3) is 0.833. The molecule has 2 fully saturated rings. The molecule has 0 heterocycles. The molecule has 0 aromatic carbocycles. The Bertz CT molecular complexity index is 311. The van der Waals surface area contributed by atoms with Crippen LogP contribution in [0.25, 0.3) is 0 Å². The zero-order chi connectivity index (χ0) is 11.8. The van der Waals surface area contributed by atoms with Gasteiger partial charge in [-0.2, -0.15) is 5.10 Å². The SMILES string of the molecule is CC1(C)[C@@H]2CC[C@@H](C2)[C@@H]1C/C=N\NC(N)=S. The summed E-state index contributed by atoms with van der Waals surface area (Å²) in [5.74, 6) is 2.62. The Morgan fingerprint density at radius 1 is 1.56 bits per heavy atom. The van der Waals surface area contributed by atoms with E-state index in [1.165, 1.54) is 19.3 Å². The number of hydrogen-bond acceptors (Lipinski definition) is 2. The summed E-state index contributed by atoms with van der Waals surface area (Å²) in [6.45, 7) is 4.83. The number of hydrogen-bond donors (Lipinski definition) is 2. The lowest BCUT2D eigenvalue weighted by Gasteiger charge is -2.37. The van der Waals surface area contributed by atoms with Crippen LogP contribution in [0, 0.1) is 23.2 Å². The number of thiocarbonyl (C=S) groups is 1. The second kappa shape index (κ2) is 4.32. The van der Waals surface area contributed by atoms with Gasteiger partial charge in [-0.3, -0.25) is 5.43 Å². The summed E-state index contributed by atoms with van der Waals surface area (Å²) >= 11 is 4.69. The molecule has 3 nitrogen and oxygen atoms in total. The first-order valence-corrected chi connectivity index (χ1v) is 6.49. The van der Waals surface area contributed by atoms with Crippen LogP contribution in [-0.2, 0) is 0 Å². The third-order valence-electron chi connectivity index (χ3n) is 4.68. The number of nitrogens with two attached hydrogens (primary N) is 1. The molecule has 0 aromatic heterocycles. The molecule has 0 saturated heterocycles. The zero-order valence-electron chi connectivity index (χ0n) is 10.1. The van der Waals surface area contributed by atoms with E-state index in [-0.39, 0.29) is 5.11 Å². The van der Waals surface area contributed by atoms with E-state index in [0.29, 0.717) is 5.41 Å². The van der Waals surface area contributed by atoms with E-state index in [2.05, 4.69) is 24.4 Å². The van der Waals surface area contributed by atoms with E-state index in [1.54, 1.807) is 0 Å². The smallest absolute Gasteiger partial charge is 0.184 e. The van der Waals surface area contributed by atoms with E-state index in [1.807, 2.05) is 6.21 Å². The summed E-state index contributed by atoms with van der Waals surface area (Å²) in [5, 5.41) is 4.28. The lowest BCUT2D eigenvalue weighted by Crippen LogP contribution is -2.31. The molecule has 0 amide bonds. The number of nitrogens with one attached hydrogen (secondary N) is 1. The first-order valence-electron chi connectivity index (χ1n) is 6.08. The topological polar surface area (TPSA) is 50.4 Å². The molecule has 2 aliphatic carbocycles. The van der Waals surface area contributed by atoms with Crippen molar-refractivity contribution in [3.63, 3.8) is 0 Å². The quantitative estimate of drug-likeness (QED) is 0.451. The predicted octanol–water partition coefficient (Wildman–Crippen LogP) is 2.27. The Hall–Kier alpha value is -0.640. The van der Waals surface area contributed by atoms with Gasteiger partial charge in [-0.05, 0) is 61.1 Å². The Kier molecular flexibility index (Phi) is 3.19. The van der Waals surface area contributed by atoms with Gasteiger partial charge in [0, 0.05) is 6.21 Å². The van der Waals surface area contributed by atoms with Gasteiger partial charge >= 0.3 is 0 Å². The monoisotopic (exact) mass is 239 g/mol. The highest BCUT2D eigenvalue weighted by atomic mass is 32.1. The standard InChI is InChI=1S/C12H21N3S/c1-12(2)9-4-3-8(7-9)10(12)5-6-14-15-11(13)16/h6,8-10H,3-5,7H2,1-2H3,(H3,13,15,16)/b14-6-/t8-,9+,10-/m0/s1. The van der Waals surface area contributed by atoms with Gasteiger partial charge in [0.15, 0.2) is 5.11 Å². The van der Waals surface area contributed by atoms with Crippen molar-refractivity contribution >= 4 is 23.5 Å². The maximum atomic E-state index is 5.31. The minimum atomic E-state index is 0.239. The molecule has 0 radical (unpaired) electrons. The van der Waals surface area contributed by atoms with E-state index in [9.17, 15) is 0 Å². The normalized spacial score (nSPS) is 35.8. The van der Waals surface area contributed by atoms with Crippen LogP contribution in [0.3, 0.4) is 0 Å². The van der Waals surface area contributed by atoms with Crippen molar-refractivity contribution in [2.75, 3.05) is 0 Å². The Morgan fingerprint density at radius 2 is 2.31 bits per heavy atom. The Balaban J connectivity index is 1.90. The van der Waals surface area contributed by atoms with Gasteiger partial charge in [0.05, 0.1) is 0 Å². The fourth-order valence-electron chi connectivity index (χ4n) is 3.74. The molecule has 90 valence electrons. The third kappa shape index (κ3) is 2.08. The molecule has 2 aliphatic rings. The van der Waals surface area contributed by atoms with Crippen LogP contribution in [0.2, 0.25) is 0 Å². The average molecular weight is 239 g/mol. The average Bonchev–Trinajstić information content (AvgIpc) is 2.72. The van der Waals surface area contributed by atoms with Gasteiger partial charge in [0.2, 0.25) is 0 Å². The Morgan fingerprint density at radius 3 is 2.88 bits per heavy atom. The molecule has 3 atom stereocenters. The van der Waals surface area contributed by atoms with E-state index >= 15 is 0 Å². The van der Waals surface area contributed by atoms with Crippen LogP contribution < -0.4 is 11.2 Å². The van der Waals surface area contributed by atoms with Crippen molar-refractivity contribution in [3.8, 4) is 0 Å². The van der Waals surface area contributed by atoms with Crippen LogP contribution in [-0.4, -0.2) is 11.3 Å². The van der Waals surface area contributed by atoms with Crippen molar-refractivity contribution in [1.29, 1.82) is 0 Å². The number of fused-ring (bicyclic) bond motifs is 2. The molecule has 4 heteroatoms. The molecule has 0 unspecified atom stereocenters. The largest absolute Gasteiger partial charge is 0.375 e. The van der Waals surface area contributed by atoms with Gasteiger partial charge in [-0.15, -0.1) is 0 Å². The molecule has 16 heavy (non-hydrogen) atoms. The molecule has 2 saturated carbocycles. The van der Waals surface area contributed by atoms with Crippen LogP contribution in [0.1, 0.15) is 39.5 Å². The lowest BCUT2D eigenvalue weighted by molar-refractivity contribution is 0.129. The predicted molar refractivity (Wildman–Crippen MR) is 71.1 cm³/mol. The number of hydrazone groups is 1. The minimum Gasteiger partial charge on any atom is -0.375 e. The minimum absolute atomic E-state index is 0.239. The van der Waals surface area contributed by atoms with E-state index in [0.717, 1.165) is 24.2 Å². The second-order valence-corrected chi connectivity index (χ2v) is 6.16. The van der Waals surface area contributed by atoms with Crippen LogP contribution in [0.15, 0.2) is 5.10 Å². The Labute approximate surface area is 103 Å². The number of nitrogens with zero attached hydrogens (tertiary/aromatic N) is 1. The highest BCUT2D eigenvalue weighted by Crippen LogP contribution is 2.60. The van der Waals surface area contributed by atoms with Crippen molar-refractivity contribution < 1.29 is 0 Å². The van der Waals surface area contributed by atoms with E-state index in [4.69, 9.17) is 18.0 Å². The summed E-state index contributed by atoms with van der Waals surface area (Å²) in [4.78, 5) is 0. The summed E-state index contributed by atoms with van der Waals surface area (Å²) in [6, 6.07) is 0. The highest BCUT2D eigenvalue weighted by Gasteiger charge is 2.51. The summed E-state index contributed by atoms with van der Waals surface area (Å²) in [7, 11) is 0. The first-order chi connectivity index (χ1) is 7.51. The summed E-state index contributed by atoms with van der Waals surface area (Å²) < 4.78 is 0.